The van der Waals surface area contributed by atoms with E-state index in [1.807, 2.05) is 48.5 Å². The molecule has 0 saturated carbocycles. The number of halogens is 2. The molecule has 0 saturated heterocycles. The molecular formula is C33H28Cl2N6O4S2. The SMILES string of the molecule is COc1cc(Cc2ccc(NC(=O)CSc3nc4ccc(Cl)cc4[nH]3)c(OC)c2)ccc1NC(=O)CSc1nc2ccc(Cl)cc2[nH]1. The number of ether oxygens (including phenoxy) is 2. The van der Waals surface area contributed by atoms with Gasteiger partial charge in [-0.15, -0.1) is 0 Å². The van der Waals surface area contributed by atoms with Gasteiger partial charge in [0.15, 0.2) is 10.3 Å². The highest BCUT2D eigenvalue weighted by molar-refractivity contribution is 8.00. The molecule has 0 aliphatic carbocycles. The quantitative estimate of drug-likeness (QED) is 0.0947. The molecule has 6 aromatic rings. The molecular weight excluding hydrogens is 679 g/mol. The van der Waals surface area contributed by atoms with Crippen molar-refractivity contribution in [2.24, 2.45) is 0 Å². The van der Waals surface area contributed by atoms with Gasteiger partial charge in [0, 0.05) is 10.0 Å². The Morgan fingerprint density at radius 2 is 1.13 bits per heavy atom. The lowest BCUT2D eigenvalue weighted by molar-refractivity contribution is -0.114. The van der Waals surface area contributed by atoms with Crippen LogP contribution in [0.25, 0.3) is 22.1 Å². The zero-order valence-electron chi connectivity index (χ0n) is 25.1. The van der Waals surface area contributed by atoms with Gasteiger partial charge in [-0.2, -0.15) is 0 Å². The monoisotopic (exact) mass is 706 g/mol. The van der Waals surface area contributed by atoms with Gasteiger partial charge in [0.25, 0.3) is 0 Å². The standard InChI is InChI=1S/C33H28Cl2N6O4S2/c1-44-28-12-18(3-7-24(28)36-30(42)16-46-32-38-22-9-5-20(34)14-26(22)40-32)11-19-4-8-25(29(13-19)45-2)37-31(43)17-47-33-39-23-10-6-21(35)15-27(23)41-33/h3-10,12-15H,11,16-17H2,1-2H3,(H,36,42)(H,37,43)(H,38,40)(H,39,41). The fraction of sp³-hybridized carbons (Fsp3) is 0.152. The van der Waals surface area contributed by atoms with Crippen molar-refractivity contribution < 1.29 is 19.1 Å². The Morgan fingerprint density at radius 1 is 0.681 bits per heavy atom. The molecule has 0 aliphatic rings. The maximum absolute atomic E-state index is 12.7. The molecule has 0 radical (unpaired) electrons. The molecule has 240 valence electrons. The number of nitrogens with zero attached hydrogens (tertiary/aromatic N) is 2. The molecule has 0 aliphatic heterocycles. The van der Waals surface area contributed by atoms with E-state index in [0.717, 1.165) is 33.2 Å². The molecule has 14 heteroatoms. The third-order valence-corrected chi connectivity index (χ3v) is 9.23. The number of amides is 2. The molecule has 4 N–H and O–H groups in total. The first kappa shape index (κ1) is 32.6. The first-order valence-corrected chi connectivity index (χ1v) is 17.0. The zero-order chi connectivity index (χ0) is 32.9. The number of nitrogens with one attached hydrogen (secondary N) is 4. The minimum absolute atomic E-state index is 0.162. The first-order valence-electron chi connectivity index (χ1n) is 14.3. The van der Waals surface area contributed by atoms with Gasteiger partial charge in [-0.05, 0) is 78.2 Å². The maximum Gasteiger partial charge on any atom is 0.234 e. The lowest BCUT2D eigenvalue weighted by atomic mass is 10.0. The van der Waals surface area contributed by atoms with Crippen molar-refractivity contribution in [3.63, 3.8) is 0 Å². The van der Waals surface area contributed by atoms with Crippen LogP contribution in [0.3, 0.4) is 0 Å². The fourth-order valence-corrected chi connectivity index (χ4v) is 6.54. The molecule has 0 unspecified atom stereocenters. The smallest absolute Gasteiger partial charge is 0.234 e. The van der Waals surface area contributed by atoms with Gasteiger partial charge in [-0.1, -0.05) is 58.9 Å². The van der Waals surface area contributed by atoms with Crippen molar-refractivity contribution in [2.45, 2.75) is 16.7 Å². The van der Waals surface area contributed by atoms with E-state index in [-0.39, 0.29) is 23.3 Å². The molecule has 0 bridgehead atoms. The topological polar surface area (TPSA) is 134 Å². The minimum Gasteiger partial charge on any atom is -0.495 e. The number of methoxy groups -OCH3 is 2. The molecule has 0 fully saturated rings. The lowest BCUT2D eigenvalue weighted by Crippen LogP contribution is -2.15. The molecule has 2 heterocycles. The van der Waals surface area contributed by atoms with Gasteiger partial charge in [0.2, 0.25) is 11.8 Å². The molecule has 47 heavy (non-hydrogen) atoms. The highest BCUT2D eigenvalue weighted by atomic mass is 35.5. The predicted molar refractivity (Wildman–Crippen MR) is 190 cm³/mol. The van der Waals surface area contributed by atoms with Crippen molar-refractivity contribution in [3.8, 4) is 11.5 Å². The summed E-state index contributed by atoms with van der Waals surface area (Å²) in [6.07, 6.45) is 0.576. The average molecular weight is 708 g/mol. The van der Waals surface area contributed by atoms with Crippen LogP contribution in [0.4, 0.5) is 11.4 Å². The van der Waals surface area contributed by atoms with Crippen LogP contribution in [-0.4, -0.2) is 57.5 Å². The van der Waals surface area contributed by atoms with E-state index in [1.54, 1.807) is 38.5 Å². The molecule has 0 atom stereocenters. The van der Waals surface area contributed by atoms with E-state index in [9.17, 15) is 9.59 Å². The van der Waals surface area contributed by atoms with E-state index < -0.39 is 0 Å². The summed E-state index contributed by atoms with van der Waals surface area (Å²) < 4.78 is 11.2. The van der Waals surface area contributed by atoms with Crippen molar-refractivity contribution in [1.29, 1.82) is 0 Å². The second kappa shape index (κ2) is 14.6. The van der Waals surface area contributed by atoms with Crippen LogP contribution in [-0.2, 0) is 16.0 Å². The molecule has 0 spiro atoms. The summed E-state index contributed by atoms with van der Waals surface area (Å²) in [6, 6.07) is 22.1. The minimum atomic E-state index is -0.192. The van der Waals surface area contributed by atoms with Gasteiger partial charge in [-0.25, -0.2) is 9.97 Å². The van der Waals surface area contributed by atoms with Crippen molar-refractivity contribution in [3.05, 3.63) is 94.0 Å². The number of imidazole rings is 2. The van der Waals surface area contributed by atoms with Crippen LogP contribution < -0.4 is 20.1 Å². The van der Waals surface area contributed by atoms with E-state index >= 15 is 0 Å². The van der Waals surface area contributed by atoms with Crippen LogP contribution >= 0.6 is 46.7 Å². The number of hydrogen-bond donors (Lipinski definition) is 4. The Balaban J connectivity index is 1.04. The van der Waals surface area contributed by atoms with Crippen LogP contribution in [0.2, 0.25) is 10.0 Å². The Bertz CT molecular complexity index is 1950. The number of H-pyrrole nitrogens is 2. The van der Waals surface area contributed by atoms with E-state index in [0.29, 0.717) is 49.7 Å². The summed E-state index contributed by atoms with van der Waals surface area (Å²) >= 11 is 14.7. The number of thioether (sulfide) groups is 2. The van der Waals surface area contributed by atoms with Crippen molar-refractivity contribution >= 4 is 92.0 Å². The summed E-state index contributed by atoms with van der Waals surface area (Å²) in [6.45, 7) is 0. The highest BCUT2D eigenvalue weighted by Crippen LogP contribution is 2.31. The Labute approximate surface area is 288 Å². The fourth-order valence-electron chi connectivity index (χ4n) is 4.83. The number of rotatable bonds is 12. The Kier molecular flexibility index (Phi) is 10.1. The number of fused-ring (bicyclic) bond motifs is 2. The van der Waals surface area contributed by atoms with Crippen LogP contribution in [0, 0.1) is 0 Å². The van der Waals surface area contributed by atoms with Gasteiger partial charge < -0.3 is 30.1 Å². The summed E-state index contributed by atoms with van der Waals surface area (Å²) in [4.78, 5) is 40.8. The normalized spacial score (nSPS) is 11.1. The van der Waals surface area contributed by atoms with Crippen LogP contribution in [0.15, 0.2) is 83.1 Å². The van der Waals surface area contributed by atoms with Gasteiger partial charge in [0.05, 0.1) is 59.2 Å². The third-order valence-electron chi connectivity index (χ3n) is 7.01. The van der Waals surface area contributed by atoms with Gasteiger partial charge in [0.1, 0.15) is 11.5 Å². The van der Waals surface area contributed by atoms with Crippen LogP contribution in [0.5, 0.6) is 11.5 Å². The number of benzene rings is 4. The van der Waals surface area contributed by atoms with Crippen molar-refractivity contribution in [1.82, 2.24) is 19.9 Å². The number of anilines is 2. The number of carbonyl (C=O) groups excluding carboxylic acids is 2. The summed E-state index contributed by atoms with van der Waals surface area (Å²) in [5.74, 6) is 1.02. The third kappa shape index (κ3) is 8.14. The maximum atomic E-state index is 12.7. The number of carbonyl (C=O) groups is 2. The van der Waals surface area contributed by atoms with Gasteiger partial charge in [-0.3, -0.25) is 9.59 Å². The Morgan fingerprint density at radius 3 is 1.55 bits per heavy atom. The predicted octanol–water partition coefficient (Wildman–Crippen LogP) is 7.82. The number of hydrogen-bond acceptors (Lipinski definition) is 8. The van der Waals surface area contributed by atoms with Gasteiger partial charge >= 0.3 is 0 Å². The van der Waals surface area contributed by atoms with Crippen LogP contribution in [0.1, 0.15) is 11.1 Å². The Hall–Kier alpha value is -4.36. The number of aromatic nitrogens is 4. The van der Waals surface area contributed by atoms with Crippen molar-refractivity contribution in [2.75, 3.05) is 36.4 Å². The lowest BCUT2D eigenvalue weighted by Gasteiger charge is -2.14. The molecule has 10 nitrogen and oxygen atoms in total. The summed E-state index contributed by atoms with van der Waals surface area (Å²) in [5, 5.41) is 8.33. The number of aromatic amines is 2. The molecule has 2 amide bonds. The van der Waals surface area contributed by atoms with E-state index in [1.165, 1.54) is 23.5 Å². The van der Waals surface area contributed by atoms with E-state index in [2.05, 4.69) is 30.6 Å². The molecule has 2 aromatic heterocycles. The average Bonchev–Trinajstić information content (AvgIpc) is 3.66. The summed E-state index contributed by atoms with van der Waals surface area (Å²) in [5.41, 5.74) is 6.28. The second-order valence-electron chi connectivity index (χ2n) is 10.3. The highest BCUT2D eigenvalue weighted by Gasteiger charge is 2.14. The molecule has 4 aromatic carbocycles. The first-order chi connectivity index (χ1) is 22.8. The molecule has 6 rings (SSSR count). The van der Waals surface area contributed by atoms with E-state index in [4.69, 9.17) is 32.7 Å². The second-order valence-corrected chi connectivity index (χ2v) is 13.1. The largest absolute Gasteiger partial charge is 0.495 e. The zero-order valence-corrected chi connectivity index (χ0v) is 28.3. The summed E-state index contributed by atoms with van der Waals surface area (Å²) in [7, 11) is 3.12.